The highest BCUT2D eigenvalue weighted by atomic mass is 19.4. The third-order valence-electron chi connectivity index (χ3n) is 5.80. The van der Waals surface area contributed by atoms with E-state index in [1.165, 1.54) is 6.07 Å². The van der Waals surface area contributed by atoms with Crippen LogP contribution >= 0.6 is 0 Å². The summed E-state index contributed by atoms with van der Waals surface area (Å²) in [5.74, 6) is 1.53. The number of anilines is 2. The predicted octanol–water partition coefficient (Wildman–Crippen LogP) is 4.58. The molecule has 158 valence electrons. The molecule has 30 heavy (non-hydrogen) atoms. The second-order valence-corrected chi connectivity index (χ2v) is 7.76. The number of rotatable bonds is 5. The van der Waals surface area contributed by atoms with Gasteiger partial charge in [-0.05, 0) is 24.3 Å². The molecular formula is C22H23F3N4O. The average Bonchev–Trinajstić information content (AvgIpc) is 3.27. The van der Waals surface area contributed by atoms with Gasteiger partial charge in [0.15, 0.2) is 0 Å². The minimum absolute atomic E-state index is 0.0873. The summed E-state index contributed by atoms with van der Waals surface area (Å²) in [5.41, 5.74) is 0.162. The lowest BCUT2D eigenvalue weighted by molar-refractivity contribution is -0.137. The van der Waals surface area contributed by atoms with Crippen LogP contribution in [0.4, 0.5) is 24.7 Å². The molecule has 0 unspecified atom stereocenters. The maximum Gasteiger partial charge on any atom is 0.418 e. The summed E-state index contributed by atoms with van der Waals surface area (Å²) in [6, 6.07) is 9.18. The summed E-state index contributed by atoms with van der Waals surface area (Å²) in [5, 5.41) is 12.9. The van der Waals surface area contributed by atoms with Gasteiger partial charge in [-0.2, -0.15) is 13.2 Å². The number of hydrogen-bond acceptors (Lipinski definition) is 5. The van der Waals surface area contributed by atoms with Gasteiger partial charge in [0.05, 0.1) is 16.9 Å². The van der Waals surface area contributed by atoms with Crippen molar-refractivity contribution in [2.24, 2.45) is 11.8 Å². The van der Waals surface area contributed by atoms with Crippen LogP contribution in [0.3, 0.4) is 0 Å². The fourth-order valence-electron chi connectivity index (χ4n) is 4.35. The molecule has 0 aliphatic carbocycles. The summed E-state index contributed by atoms with van der Waals surface area (Å²) < 4.78 is 40.1. The van der Waals surface area contributed by atoms with Gasteiger partial charge < -0.3 is 20.2 Å². The molecule has 2 atom stereocenters. The molecule has 8 heteroatoms. The van der Waals surface area contributed by atoms with E-state index in [-0.39, 0.29) is 23.3 Å². The zero-order valence-corrected chi connectivity index (χ0v) is 16.4. The van der Waals surface area contributed by atoms with Crippen molar-refractivity contribution in [1.29, 1.82) is 0 Å². The monoisotopic (exact) mass is 416 g/mol. The van der Waals surface area contributed by atoms with Crippen LogP contribution in [-0.4, -0.2) is 41.2 Å². The Morgan fingerprint density at radius 2 is 1.70 bits per heavy atom. The van der Waals surface area contributed by atoms with E-state index in [0.29, 0.717) is 43.4 Å². The smallest absolute Gasteiger partial charge is 0.418 e. The van der Waals surface area contributed by atoms with Gasteiger partial charge in [-0.15, -0.1) is 0 Å². The molecule has 2 aliphatic heterocycles. The second-order valence-electron chi connectivity index (χ2n) is 7.76. The highest BCUT2D eigenvalue weighted by Crippen LogP contribution is 2.41. The largest absolute Gasteiger partial charge is 0.508 e. The van der Waals surface area contributed by atoms with Crippen LogP contribution in [0.25, 0.3) is 5.76 Å². The maximum atomic E-state index is 13.4. The molecule has 5 nitrogen and oxygen atoms in total. The maximum absolute atomic E-state index is 13.4. The first-order valence-corrected chi connectivity index (χ1v) is 9.69. The molecule has 0 bridgehead atoms. The number of aliphatic hydroxyl groups is 1. The number of para-hydroxylation sites is 1. The summed E-state index contributed by atoms with van der Waals surface area (Å²) in [4.78, 5) is 8.16. The Bertz CT molecular complexity index is 961. The molecule has 0 saturated carbocycles. The lowest BCUT2D eigenvalue weighted by Gasteiger charge is -2.27. The number of fused-ring (bicyclic) bond motifs is 1. The first-order valence-electron chi connectivity index (χ1n) is 9.69. The van der Waals surface area contributed by atoms with E-state index in [0.717, 1.165) is 6.07 Å². The Labute approximate surface area is 173 Å². The van der Waals surface area contributed by atoms with Crippen molar-refractivity contribution in [2.45, 2.75) is 6.18 Å². The standard InChI is InChI=1S/C22H23F3N4O/c1-14(30)18-6-5-9-26-21(18)27-15(2)28-10-16-12-29(13-17(16)11-28)20-8-4-3-7-19(20)22(23,24)25/h3-9,16-17,30H,1-2,10-13H2,(H,26,27)/t16-,17+. The van der Waals surface area contributed by atoms with Crippen molar-refractivity contribution in [2.75, 3.05) is 36.4 Å². The Hall–Kier alpha value is -3.16. The number of nitrogens with one attached hydrogen (secondary N) is 1. The molecule has 1 aromatic carbocycles. The van der Waals surface area contributed by atoms with Gasteiger partial charge in [-0.1, -0.05) is 25.3 Å². The number of likely N-dealkylation sites (tertiary alicyclic amines) is 1. The van der Waals surface area contributed by atoms with Crippen molar-refractivity contribution in [3.8, 4) is 0 Å². The number of nitrogens with zero attached hydrogens (tertiary/aromatic N) is 3. The molecule has 0 amide bonds. The van der Waals surface area contributed by atoms with E-state index in [4.69, 9.17) is 0 Å². The van der Waals surface area contributed by atoms with Crippen molar-refractivity contribution in [1.82, 2.24) is 9.88 Å². The van der Waals surface area contributed by atoms with Gasteiger partial charge >= 0.3 is 6.18 Å². The van der Waals surface area contributed by atoms with E-state index < -0.39 is 11.7 Å². The number of aliphatic hydroxyl groups excluding tert-OH is 1. The molecular weight excluding hydrogens is 393 g/mol. The number of hydrogen-bond donors (Lipinski definition) is 2. The molecule has 0 spiro atoms. The quantitative estimate of drug-likeness (QED) is 0.699. The zero-order chi connectivity index (χ0) is 21.5. The minimum Gasteiger partial charge on any atom is -0.508 e. The highest BCUT2D eigenvalue weighted by molar-refractivity contribution is 5.68. The van der Waals surface area contributed by atoms with E-state index in [1.807, 2.05) is 4.90 Å². The van der Waals surface area contributed by atoms with E-state index in [1.54, 1.807) is 30.5 Å². The van der Waals surface area contributed by atoms with Crippen LogP contribution < -0.4 is 10.2 Å². The molecule has 1 aromatic heterocycles. The Kier molecular flexibility index (Phi) is 5.09. The average molecular weight is 416 g/mol. The predicted molar refractivity (Wildman–Crippen MR) is 111 cm³/mol. The molecule has 2 fully saturated rings. The van der Waals surface area contributed by atoms with E-state index >= 15 is 0 Å². The van der Waals surface area contributed by atoms with E-state index in [2.05, 4.69) is 28.4 Å². The summed E-state index contributed by atoms with van der Waals surface area (Å²) in [6.45, 7) is 10.2. The third kappa shape index (κ3) is 3.81. The molecule has 2 saturated heterocycles. The van der Waals surface area contributed by atoms with Gasteiger partial charge in [-0.3, -0.25) is 0 Å². The van der Waals surface area contributed by atoms with Gasteiger partial charge in [0.2, 0.25) is 0 Å². The first-order chi connectivity index (χ1) is 14.2. The van der Waals surface area contributed by atoms with Gasteiger partial charge in [0, 0.05) is 49.9 Å². The molecule has 2 aromatic rings. The van der Waals surface area contributed by atoms with Crippen LogP contribution in [0.2, 0.25) is 0 Å². The van der Waals surface area contributed by atoms with Crippen molar-refractivity contribution < 1.29 is 18.3 Å². The summed E-state index contributed by atoms with van der Waals surface area (Å²) in [6.07, 6.45) is -2.76. The lowest BCUT2D eigenvalue weighted by Crippen LogP contribution is -2.31. The van der Waals surface area contributed by atoms with Crippen molar-refractivity contribution in [3.05, 3.63) is 72.7 Å². The fourth-order valence-corrected chi connectivity index (χ4v) is 4.35. The second kappa shape index (κ2) is 7.59. The number of pyridine rings is 1. The Balaban J connectivity index is 1.42. The first kappa shape index (κ1) is 20.1. The molecule has 0 radical (unpaired) electrons. The molecule has 3 heterocycles. The van der Waals surface area contributed by atoms with Crippen LogP contribution in [0.5, 0.6) is 0 Å². The van der Waals surface area contributed by atoms with Crippen molar-refractivity contribution in [3.63, 3.8) is 0 Å². The number of alkyl halides is 3. The lowest BCUT2D eigenvalue weighted by atomic mass is 10.0. The Morgan fingerprint density at radius 3 is 2.33 bits per heavy atom. The van der Waals surface area contributed by atoms with Crippen molar-refractivity contribution >= 4 is 17.3 Å². The Morgan fingerprint density at radius 1 is 1.03 bits per heavy atom. The highest BCUT2D eigenvalue weighted by Gasteiger charge is 2.43. The van der Waals surface area contributed by atoms with Gasteiger partial charge in [-0.25, -0.2) is 4.98 Å². The van der Waals surface area contributed by atoms with Crippen LogP contribution in [0, 0.1) is 11.8 Å². The zero-order valence-electron chi connectivity index (χ0n) is 16.4. The summed E-state index contributed by atoms with van der Waals surface area (Å²) in [7, 11) is 0. The molecule has 2 aliphatic rings. The number of aromatic nitrogens is 1. The van der Waals surface area contributed by atoms with Gasteiger partial charge in [0.25, 0.3) is 0 Å². The van der Waals surface area contributed by atoms with E-state index in [9.17, 15) is 18.3 Å². The topological polar surface area (TPSA) is 51.6 Å². The SMILES string of the molecule is C=C(O)c1cccnc1NC(=C)N1C[C@@H]2CN(c3ccccc3C(F)(F)F)C[C@@H]2C1. The summed E-state index contributed by atoms with van der Waals surface area (Å²) >= 11 is 0. The number of halogens is 3. The number of benzene rings is 1. The van der Waals surface area contributed by atoms with Crippen LogP contribution in [-0.2, 0) is 6.18 Å². The normalized spacial score (nSPS) is 20.9. The minimum atomic E-state index is -4.37. The van der Waals surface area contributed by atoms with Gasteiger partial charge in [0.1, 0.15) is 11.6 Å². The van der Waals surface area contributed by atoms with Crippen LogP contribution in [0.15, 0.2) is 61.6 Å². The fraction of sp³-hybridized carbons (Fsp3) is 0.318. The molecule has 2 N–H and O–H groups in total. The third-order valence-corrected chi connectivity index (χ3v) is 5.80. The van der Waals surface area contributed by atoms with Crippen LogP contribution in [0.1, 0.15) is 11.1 Å². The molecule has 4 rings (SSSR count).